The lowest BCUT2D eigenvalue weighted by Gasteiger charge is -2.40. The van der Waals surface area contributed by atoms with Crippen molar-refractivity contribution >= 4 is 36.5 Å². The van der Waals surface area contributed by atoms with E-state index >= 15 is 0 Å². The van der Waals surface area contributed by atoms with Crippen LogP contribution in [0.25, 0.3) is 11.3 Å². The van der Waals surface area contributed by atoms with Gasteiger partial charge >= 0.3 is 13.7 Å². The number of nitrogens with zero attached hydrogens (tertiary/aromatic N) is 4. The summed E-state index contributed by atoms with van der Waals surface area (Å²) in [7, 11) is -1.93. The van der Waals surface area contributed by atoms with Gasteiger partial charge in [0.2, 0.25) is 0 Å². The third-order valence-electron chi connectivity index (χ3n) is 9.16. The Balaban J connectivity index is 1.52. The highest BCUT2D eigenvalue weighted by molar-refractivity contribution is 7.62. The molecule has 0 radical (unpaired) electrons. The van der Waals surface area contributed by atoms with Crippen LogP contribution in [0.4, 0.5) is 10.5 Å². The topological polar surface area (TPSA) is 140 Å². The summed E-state index contributed by atoms with van der Waals surface area (Å²) in [5.41, 5.74) is 1.23. The zero-order valence-corrected chi connectivity index (χ0v) is 30.9. The number of piperazine rings is 1. The van der Waals surface area contributed by atoms with Crippen molar-refractivity contribution in [3.8, 4) is 11.3 Å². The maximum Gasteiger partial charge on any atom is 0.409 e. The summed E-state index contributed by atoms with van der Waals surface area (Å²) in [6.07, 6.45) is 1.22. The number of pyridine rings is 1. The summed E-state index contributed by atoms with van der Waals surface area (Å²) < 4.78 is 35.5. The van der Waals surface area contributed by atoms with Crippen LogP contribution in [-0.4, -0.2) is 98.6 Å². The second kappa shape index (κ2) is 16.8. The summed E-state index contributed by atoms with van der Waals surface area (Å²) in [4.78, 5) is 51.4. The Labute approximate surface area is 299 Å². The summed E-state index contributed by atoms with van der Waals surface area (Å²) >= 11 is 0. The molecule has 5 rings (SSSR count). The van der Waals surface area contributed by atoms with Crippen LogP contribution in [-0.2, 0) is 33.4 Å². The van der Waals surface area contributed by atoms with Gasteiger partial charge in [-0.2, -0.15) is 0 Å². The number of hydrogen-bond acceptors (Lipinski definition) is 10. The van der Waals surface area contributed by atoms with E-state index in [9.17, 15) is 18.9 Å². The van der Waals surface area contributed by atoms with E-state index in [1.807, 2.05) is 36.4 Å². The molecule has 2 aliphatic heterocycles. The third kappa shape index (κ3) is 8.44. The minimum Gasteiger partial charge on any atom is -0.450 e. The highest BCUT2D eigenvalue weighted by Gasteiger charge is 2.42. The molecule has 0 spiro atoms. The van der Waals surface area contributed by atoms with Crippen LogP contribution >= 0.6 is 7.60 Å². The van der Waals surface area contributed by atoms with Crippen molar-refractivity contribution in [2.75, 3.05) is 64.6 Å². The third-order valence-corrected chi connectivity index (χ3v) is 11.3. The monoisotopic (exact) mass is 721 g/mol. The van der Waals surface area contributed by atoms with Gasteiger partial charge in [-0.3, -0.25) is 14.2 Å². The van der Waals surface area contributed by atoms with E-state index in [1.54, 1.807) is 74.9 Å². The maximum absolute atomic E-state index is 14.5. The molecule has 1 N–H and O–H groups in total. The number of carbonyl (C=O) groups excluding carboxylic acids is 3. The Morgan fingerprint density at radius 1 is 0.882 bits per heavy atom. The van der Waals surface area contributed by atoms with Crippen LogP contribution in [0.1, 0.15) is 56.6 Å². The molecule has 0 aliphatic carbocycles. The van der Waals surface area contributed by atoms with E-state index in [4.69, 9.17) is 23.5 Å². The fourth-order valence-corrected chi connectivity index (χ4v) is 8.07. The Morgan fingerprint density at radius 2 is 1.53 bits per heavy atom. The quantitative estimate of drug-likeness (QED) is 0.236. The van der Waals surface area contributed by atoms with Crippen molar-refractivity contribution in [3.05, 3.63) is 78.0 Å². The molecule has 0 saturated carbocycles. The van der Waals surface area contributed by atoms with Gasteiger partial charge in [-0.1, -0.05) is 42.5 Å². The number of nitrogens with one attached hydrogen (secondary N) is 1. The van der Waals surface area contributed by atoms with E-state index in [1.165, 1.54) is 0 Å². The van der Waals surface area contributed by atoms with Gasteiger partial charge in [0.25, 0.3) is 11.8 Å². The van der Waals surface area contributed by atoms with Crippen LogP contribution in [0, 0.1) is 0 Å². The molecule has 3 amide bonds. The number of rotatable bonds is 13. The fraction of sp³-hybridized carbons (Fsp3) is 0.459. The first kappa shape index (κ1) is 38.0. The normalized spacial score (nSPS) is 17.6. The molecule has 51 heavy (non-hydrogen) atoms. The van der Waals surface area contributed by atoms with Gasteiger partial charge in [-0.05, 0) is 70.4 Å². The van der Waals surface area contributed by atoms with E-state index in [2.05, 4.69) is 10.2 Å². The fourth-order valence-electron chi connectivity index (χ4n) is 6.50. The lowest BCUT2D eigenvalue weighted by atomic mass is 9.89. The Morgan fingerprint density at radius 3 is 2.14 bits per heavy atom. The number of ether oxygens (including phenoxy) is 2. The average molecular weight is 722 g/mol. The first-order valence-electron chi connectivity index (χ1n) is 17.5. The standard InChI is InChI=1S/C37H48N5O8P/c1-6-48-36(45)41-23-21-40(22-24-41)35(44)37(4,28-16-18-30(19-17-28)51(46,49-7-2)50-8-3)39-34(43)32-26-29(42-20-12-15-33(42)47-5)25-31(38-32)27-13-10-9-11-14-27/h9-11,13-14,16-19,25-26,33H,6-8,12,15,20-24H2,1-5H3,(H,39,43)/t33-,37-/m0/s1. The Kier molecular flexibility index (Phi) is 12.5. The average Bonchev–Trinajstić information content (AvgIpc) is 3.64. The van der Waals surface area contributed by atoms with E-state index in [0.717, 1.165) is 30.6 Å². The zero-order chi connectivity index (χ0) is 36.6. The second-order valence-corrected chi connectivity index (χ2v) is 14.5. The number of benzene rings is 2. The van der Waals surface area contributed by atoms with Gasteiger partial charge in [0.1, 0.15) is 17.5 Å². The number of methoxy groups -OCH3 is 1. The predicted molar refractivity (Wildman–Crippen MR) is 194 cm³/mol. The predicted octanol–water partition coefficient (Wildman–Crippen LogP) is 5.16. The molecule has 2 atom stereocenters. The first-order valence-corrected chi connectivity index (χ1v) is 19.0. The summed E-state index contributed by atoms with van der Waals surface area (Å²) in [5, 5.41) is 3.36. The molecule has 14 heteroatoms. The highest BCUT2D eigenvalue weighted by atomic mass is 31.2. The van der Waals surface area contributed by atoms with Crippen LogP contribution in [0.3, 0.4) is 0 Å². The number of hydrogen-bond donors (Lipinski definition) is 1. The minimum absolute atomic E-state index is 0.132. The molecule has 3 heterocycles. The first-order chi connectivity index (χ1) is 24.6. The van der Waals surface area contributed by atoms with E-state index in [-0.39, 0.29) is 63.8 Å². The largest absolute Gasteiger partial charge is 0.450 e. The zero-order valence-electron chi connectivity index (χ0n) is 30.0. The molecular formula is C37H48N5O8P. The van der Waals surface area contributed by atoms with Gasteiger partial charge in [-0.15, -0.1) is 0 Å². The van der Waals surface area contributed by atoms with Crippen molar-refractivity contribution in [2.24, 2.45) is 0 Å². The van der Waals surface area contributed by atoms with Crippen LogP contribution < -0.4 is 15.5 Å². The molecule has 0 bridgehead atoms. The number of amides is 3. The summed E-state index contributed by atoms with van der Waals surface area (Å²) in [6.45, 7) is 9.27. The van der Waals surface area contributed by atoms with Gasteiger partial charge in [0, 0.05) is 51.1 Å². The van der Waals surface area contributed by atoms with Crippen LogP contribution in [0.2, 0.25) is 0 Å². The SMILES string of the molecule is CCOC(=O)N1CCN(C(=O)[C@@](C)(NC(=O)c2cc(N3CCC[C@@H]3OC)cc(-c3ccccc3)n2)c2ccc(P(=O)(OCC)OCC)cc2)CC1. The van der Waals surface area contributed by atoms with Crippen LogP contribution in [0.15, 0.2) is 66.7 Å². The molecule has 3 aromatic rings. The molecule has 274 valence electrons. The van der Waals surface area contributed by atoms with Crippen molar-refractivity contribution in [3.63, 3.8) is 0 Å². The second-order valence-electron chi connectivity index (χ2n) is 12.4. The number of carbonyl (C=O) groups is 3. The molecule has 0 unspecified atom stereocenters. The maximum atomic E-state index is 14.5. The molecule has 13 nitrogen and oxygen atoms in total. The summed E-state index contributed by atoms with van der Waals surface area (Å²) in [6, 6.07) is 19.8. The smallest absolute Gasteiger partial charge is 0.409 e. The molecule has 2 aromatic carbocycles. The molecule has 1 aromatic heterocycles. The van der Waals surface area contributed by atoms with Crippen LogP contribution in [0.5, 0.6) is 0 Å². The molecule has 2 saturated heterocycles. The molecule has 2 fully saturated rings. The van der Waals surface area contributed by atoms with E-state index < -0.39 is 25.1 Å². The number of aromatic nitrogens is 1. The lowest BCUT2D eigenvalue weighted by Crippen LogP contribution is -2.60. The molecule has 2 aliphatic rings. The van der Waals surface area contributed by atoms with Crippen molar-refractivity contribution < 1.29 is 37.5 Å². The van der Waals surface area contributed by atoms with Gasteiger partial charge in [-0.25, -0.2) is 9.78 Å². The highest BCUT2D eigenvalue weighted by Crippen LogP contribution is 2.47. The Bertz CT molecular complexity index is 1710. The van der Waals surface area contributed by atoms with Crippen molar-refractivity contribution in [1.82, 2.24) is 20.1 Å². The minimum atomic E-state index is -3.61. The summed E-state index contributed by atoms with van der Waals surface area (Å²) in [5.74, 6) is -0.926. The lowest BCUT2D eigenvalue weighted by molar-refractivity contribution is -0.139. The van der Waals surface area contributed by atoms with Gasteiger partial charge in [0.15, 0.2) is 0 Å². The Hall–Kier alpha value is -4.29. The number of anilines is 1. The van der Waals surface area contributed by atoms with Crippen molar-refractivity contribution in [1.29, 1.82) is 0 Å². The van der Waals surface area contributed by atoms with Crippen molar-refractivity contribution in [2.45, 2.75) is 52.3 Å². The van der Waals surface area contributed by atoms with Gasteiger partial charge in [0.05, 0.1) is 30.8 Å². The molecular weight excluding hydrogens is 673 g/mol. The van der Waals surface area contributed by atoms with E-state index in [0.29, 0.717) is 16.6 Å². The van der Waals surface area contributed by atoms with Gasteiger partial charge < -0.3 is 38.5 Å².